The topological polar surface area (TPSA) is 9.23 Å². The second kappa shape index (κ2) is 10.9. The summed E-state index contributed by atoms with van der Waals surface area (Å²) in [5, 5.41) is 4.28. The quantitative estimate of drug-likeness (QED) is 0.339. The SMILES string of the molecule is C[P+](c1ccccc1)(c1ccccc1)c1ccccc1.C[Si](C)(C)CCOCl. The number of hydrogen-bond donors (Lipinski definition) is 0. The van der Waals surface area contributed by atoms with Gasteiger partial charge in [-0.15, -0.1) is 0 Å². The molecule has 0 atom stereocenters. The molecule has 0 amide bonds. The van der Waals surface area contributed by atoms with Gasteiger partial charge in [-0.1, -0.05) is 74.2 Å². The van der Waals surface area contributed by atoms with Gasteiger partial charge in [-0.25, -0.2) is 0 Å². The lowest BCUT2D eigenvalue weighted by atomic mass is 10.4. The van der Waals surface area contributed by atoms with Crippen molar-refractivity contribution in [3.05, 3.63) is 91.0 Å². The van der Waals surface area contributed by atoms with Crippen LogP contribution >= 0.6 is 19.1 Å². The molecule has 0 unspecified atom stereocenters. The molecule has 0 radical (unpaired) electrons. The average molecular weight is 430 g/mol. The highest BCUT2D eigenvalue weighted by molar-refractivity contribution is 7.95. The molecule has 0 heterocycles. The normalized spacial score (nSPS) is 11.5. The summed E-state index contributed by atoms with van der Waals surface area (Å²) < 4.78 is 4.42. The molecule has 0 saturated carbocycles. The second-order valence-electron chi connectivity index (χ2n) is 8.14. The van der Waals surface area contributed by atoms with Crippen LogP contribution < -0.4 is 15.9 Å². The van der Waals surface area contributed by atoms with Crippen LogP contribution in [0.4, 0.5) is 0 Å². The number of rotatable bonds is 6. The molecule has 1 nitrogen and oxygen atoms in total. The van der Waals surface area contributed by atoms with Crippen LogP contribution in [0, 0.1) is 0 Å². The van der Waals surface area contributed by atoms with Crippen molar-refractivity contribution in [1.82, 2.24) is 0 Å². The number of hydrogen-bond acceptors (Lipinski definition) is 1. The Morgan fingerprint density at radius 2 is 1.00 bits per heavy atom. The van der Waals surface area contributed by atoms with Crippen LogP contribution in [0.5, 0.6) is 0 Å². The van der Waals surface area contributed by atoms with E-state index in [4.69, 9.17) is 11.9 Å². The summed E-state index contributed by atoms with van der Waals surface area (Å²) in [5.74, 6) is 0. The van der Waals surface area contributed by atoms with Gasteiger partial charge < -0.3 is 0 Å². The molecular weight excluding hydrogens is 399 g/mol. The van der Waals surface area contributed by atoms with E-state index in [9.17, 15) is 0 Å². The summed E-state index contributed by atoms with van der Waals surface area (Å²) in [7, 11) is -2.41. The lowest BCUT2D eigenvalue weighted by Gasteiger charge is -2.22. The van der Waals surface area contributed by atoms with Crippen LogP contribution in [0.2, 0.25) is 25.7 Å². The van der Waals surface area contributed by atoms with Crippen molar-refractivity contribution >= 4 is 43.1 Å². The maximum atomic E-state index is 5.03. The van der Waals surface area contributed by atoms with E-state index in [2.05, 4.69) is 122 Å². The van der Waals surface area contributed by atoms with Gasteiger partial charge in [0, 0.05) is 8.07 Å². The van der Waals surface area contributed by atoms with Crippen LogP contribution in [0.3, 0.4) is 0 Å². The third kappa shape index (κ3) is 6.57. The fourth-order valence-corrected chi connectivity index (χ4v) is 7.09. The van der Waals surface area contributed by atoms with E-state index in [1.807, 2.05) is 0 Å². The van der Waals surface area contributed by atoms with Gasteiger partial charge in [0.05, 0.1) is 25.1 Å². The fourth-order valence-electron chi connectivity index (χ4n) is 2.97. The first kappa shape index (κ1) is 22.8. The molecule has 148 valence electrons. The zero-order chi connectivity index (χ0) is 20.5. The van der Waals surface area contributed by atoms with Crippen LogP contribution in [-0.4, -0.2) is 21.3 Å². The molecule has 3 aromatic carbocycles. The van der Waals surface area contributed by atoms with E-state index in [0.29, 0.717) is 6.61 Å². The average Bonchev–Trinajstić information content (AvgIpc) is 2.73. The van der Waals surface area contributed by atoms with Crippen molar-refractivity contribution in [2.24, 2.45) is 0 Å². The Balaban J connectivity index is 0.000000300. The van der Waals surface area contributed by atoms with Crippen molar-refractivity contribution in [2.75, 3.05) is 13.3 Å². The Bertz CT molecular complexity index is 708. The fraction of sp³-hybridized carbons (Fsp3) is 0.250. The minimum Gasteiger partial charge on any atom is -0.280 e. The smallest absolute Gasteiger partial charge is 0.109 e. The van der Waals surface area contributed by atoms with E-state index in [1.165, 1.54) is 15.9 Å². The van der Waals surface area contributed by atoms with Crippen molar-refractivity contribution in [3.63, 3.8) is 0 Å². The third-order valence-electron chi connectivity index (χ3n) is 4.75. The molecule has 4 heteroatoms. The molecule has 0 aromatic heterocycles. The van der Waals surface area contributed by atoms with Crippen molar-refractivity contribution in [1.29, 1.82) is 0 Å². The Kier molecular flexibility index (Phi) is 8.91. The molecule has 28 heavy (non-hydrogen) atoms. The molecule has 0 spiro atoms. The Morgan fingerprint density at radius 3 is 1.21 bits per heavy atom. The molecule has 3 rings (SSSR count). The summed E-state index contributed by atoms with van der Waals surface area (Å²) in [4.78, 5) is 0. The van der Waals surface area contributed by atoms with Gasteiger partial charge in [-0.3, -0.25) is 4.29 Å². The highest BCUT2D eigenvalue weighted by Crippen LogP contribution is 2.51. The summed E-state index contributed by atoms with van der Waals surface area (Å²) >= 11 is 5.03. The Hall–Kier alpha value is -1.44. The van der Waals surface area contributed by atoms with E-state index < -0.39 is 15.3 Å². The zero-order valence-corrected chi connectivity index (χ0v) is 20.0. The predicted octanol–water partition coefficient (Wildman–Crippen LogP) is 6.11. The van der Waals surface area contributed by atoms with Crippen LogP contribution in [0.25, 0.3) is 0 Å². The van der Waals surface area contributed by atoms with Crippen LogP contribution in [-0.2, 0) is 4.29 Å². The second-order valence-corrected chi connectivity index (χ2v) is 17.5. The van der Waals surface area contributed by atoms with E-state index in [0.717, 1.165) is 6.04 Å². The molecular formula is C24H31ClOPSi+. The molecule has 0 aliphatic rings. The lowest BCUT2D eigenvalue weighted by Crippen LogP contribution is -2.30. The molecule has 0 N–H and O–H groups in total. The van der Waals surface area contributed by atoms with Gasteiger partial charge in [0.1, 0.15) is 23.2 Å². The first-order valence-electron chi connectivity index (χ1n) is 9.65. The standard InChI is InChI=1S/C19H18P.C5H13ClOSi/c1-20(17-11-5-2-6-12-17,18-13-7-3-8-14-18)19-15-9-4-10-16-19;1-8(2,3)5-4-7-6/h2-16H,1H3;4-5H2,1-3H3/q+1;. The van der Waals surface area contributed by atoms with Crippen molar-refractivity contribution < 1.29 is 4.29 Å². The number of benzene rings is 3. The monoisotopic (exact) mass is 429 g/mol. The highest BCUT2D eigenvalue weighted by Gasteiger charge is 2.39. The summed E-state index contributed by atoms with van der Waals surface area (Å²) in [6.45, 7) is 10.00. The summed E-state index contributed by atoms with van der Waals surface area (Å²) in [6, 6.07) is 33.8. The Labute approximate surface area is 177 Å². The third-order valence-corrected chi connectivity index (χ3v) is 10.6. The van der Waals surface area contributed by atoms with Gasteiger partial charge in [0.25, 0.3) is 0 Å². The summed E-state index contributed by atoms with van der Waals surface area (Å²) in [6.07, 6.45) is 0. The predicted molar refractivity (Wildman–Crippen MR) is 131 cm³/mol. The zero-order valence-electron chi connectivity index (χ0n) is 17.3. The van der Waals surface area contributed by atoms with Gasteiger partial charge in [-0.05, 0) is 42.4 Å². The minimum absolute atomic E-state index is 0.706. The molecule has 0 aliphatic heterocycles. The van der Waals surface area contributed by atoms with Gasteiger partial charge in [-0.2, -0.15) is 0 Å². The van der Waals surface area contributed by atoms with Crippen molar-refractivity contribution in [3.8, 4) is 0 Å². The van der Waals surface area contributed by atoms with Gasteiger partial charge in [0.15, 0.2) is 0 Å². The largest absolute Gasteiger partial charge is 0.280 e. The molecule has 0 bridgehead atoms. The van der Waals surface area contributed by atoms with Crippen LogP contribution in [0.15, 0.2) is 91.0 Å². The summed E-state index contributed by atoms with van der Waals surface area (Å²) in [5.41, 5.74) is 0. The maximum absolute atomic E-state index is 5.03. The lowest BCUT2D eigenvalue weighted by molar-refractivity contribution is 0.375. The van der Waals surface area contributed by atoms with Crippen LogP contribution in [0.1, 0.15) is 0 Å². The molecule has 0 fully saturated rings. The van der Waals surface area contributed by atoms with E-state index in [-0.39, 0.29) is 0 Å². The minimum atomic E-state index is -1.53. The van der Waals surface area contributed by atoms with Gasteiger partial charge in [0.2, 0.25) is 0 Å². The van der Waals surface area contributed by atoms with Gasteiger partial charge >= 0.3 is 0 Å². The Morgan fingerprint density at radius 1 is 0.679 bits per heavy atom. The molecule has 0 saturated heterocycles. The highest BCUT2D eigenvalue weighted by atomic mass is 35.5. The molecule has 3 aromatic rings. The van der Waals surface area contributed by atoms with Crippen molar-refractivity contribution in [2.45, 2.75) is 25.7 Å². The first-order valence-corrected chi connectivity index (χ1v) is 15.9. The maximum Gasteiger partial charge on any atom is 0.109 e. The van der Waals surface area contributed by atoms with E-state index >= 15 is 0 Å². The number of halogens is 1. The molecule has 0 aliphatic carbocycles. The van der Waals surface area contributed by atoms with E-state index in [1.54, 1.807) is 0 Å². The first-order chi connectivity index (χ1) is 13.4.